The lowest BCUT2D eigenvalue weighted by atomic mass is 9.82. The fraction of sp³-hybridized carbons (Fsp3) is 0. The molecule has 50 heavy (non-hydrogen) atoms. The Balaban J connectivity index is 1.35. The van der Waals surface area contributed by atoms with Crippen molar-refractivity contribution in [1.29, 1.82) is 0 Å². The van der Waals surface area contributed by atoms with Gasteiger partial charge in [-0.15, -0.1) is 0 Å². The van der Waals surface area contributed by atoms with Gasteiger partial charge in [0.1, 0.15) is 0 Å². The van der Waals surface area contributed by atoms with Gasteiger partial charge in [-0.3, -0.25) is 0 Å². The zero-order valence-electron chi connectivity index (χ0n) is 27.5. The largest absolute Gasteiger partial charge is 0.0616 e. The number of rotatable bonds is 4. The van der Waals surface area contributed by atoms with E-state index in [9.17, 15) is 0 Å². The SMILES string of the molecule is c1ccc(-c2c3ccccc3c(-c3cccc4ccccc34)c3ccc(-c4cccc5ccccc45)cc23)c(-c2ccc3ccccc3c2)c1. The van der Waals surface area contributed by atoms with Crippen LogP contribution in [0.1, 0.15) is 0 Å². The molecule has 0 unspecified atom stereocenters. The molecule has 0 spiro atoms. The molecule has 0 N–H and O–H groups in total. The number of hydrogen-bond acceptors (Lipinski definition) is 0. The molecule has 0 atom stereocenters. The maximum atomic E-state index is 2.45. The Morgan fingerprint density at radius 3 is 1.36 bits per heavy atom. The van der Waals surface area contributed by atoms with E-state index >= 15 is 0 Å². The van der Waals surface area contributed by atoms with Gasteiger partial charge in [-0.25, -0.2) is 0 Å². The zero-order chi connectivity index (χ0) is 33.0. The molecule has 232 valence electrons. The van der Waals surface area contributed by atoms with Gasteiger partial charge in [0, 0.05) is 0 Å². The maximum absolute atomic E-state index is 2.45. The lowest BCUT2D eigenvalue weighted by Gasteiger charge is -2.21. The monoisotopic (exact) mass is 632 g/mol. The number of benzene rings is 10. The molecule has 0 radical (unpaired) electrons. The van der Waals surface area contributed by atoms with Gasteiger partial charge in [-0.1, -0.05) is 182 Å². The van der Waals surface area contributed by atoms with Crippen molar-refractivity contribution in [2.75, 3.05) is 0 Å². The first-order chi connectivity index (χ1) is 24.8. The molecule has 0 fully saturated rings. The topological polar surface area (TPSA) is 0 Å². The van der Waals surface area contributed by atoms with Crippen molar-refractivity contribution < 1.29 is 0 Å². The Labute approximate surface area is 291 Å². The van der Waals surface area contributed by atoms with E-state index in [1.165, 1.54) is 98.4 Å². The minimum Gasteiger partial charge on any atom is -0.0616 e. The van der Waals surface area contributed by atoms with Crippen LogP contribution in [-0.2, 0) is 0 Å². The predicted octanol–water partition coefficient (Wildman–Crippen LogP) is 14.1. The molecule has 0 aromatic heterocycles. The summed E-state index contributed by atoms with van der Waals surface area (Å²) in [5.74, 6) is 0. The molecule has 10 aromatic carbocycles. The van der Waals surface area contributed by atoms with Gasteiger partial charge in [0.25, 0.3) is 0 Å². The lowest BCUT2D eigenvalue weighted by molar-refractivity contribution is 1.62. The van der Waals surface area contributed by atoms with E-state index in [0.29, 0.717) is 0 Å². The molecule has 0 aliphatic rings. The molecule has 10 rings (SSSR count). The number of fused-ring (bicyclic) bond motifs is 5. The fourth-order valence-corrected chi connectivity index (χ4v) is 8.16. The van der Waals surface area contributed by atoms with E-state index in [2.05, 4.69) is 194 Å². The minimum absolute atomic E-state index is 1.22. The van der Waals surface area contributed by atoms with Gasteiger partial charge in [0.05, 0.1) is 0 Å². The minimum atomic E-state index is 1.22. The van der Waals surface area contributed by atoms with Crippen LogP contribution >= 0.6 is 0 Å². The van der Waals surface area contributed by atoms with Crippen molar-refractivity contribution in [3.05, 3.63) is 194 Å². The normalized spacial score (nSPS) is 11.6. The highest BCUT2D eigenvalue weighted by atomic mass is 14.2. The first-order valence-corrected chi connectivity index (χ1v) is 17.4. The Kier molecular flexibility index (Phi) is 6.60. The van der Waals surface area contributed by atoms with Crippen molar-refractivity contribution in [3.8, 4) is 44.5 Å². The average molecular weight is 633 g/mol. The van der Waals surface area contributed by atoms with Crippen LogP contribution in [0.25, 0.3) is 98.4 Å². The highest BCUT2D eigenvalue weighted by Gasteiger charge is 2.21. The molecule has 0 amide bonds. The molecule has 0 bridgehead atoms. The maximum Gasteiger partial charge on any atom is -0.00199 e. The molecule has 0 aliphatic carbocycles. The molecule has 0 saturated heterocycles. The van der Waals surface area contributed by atoms with Gasteiger partial charge in [0.2, 0.25) is 0 Å². The highest BCUT2D eigenvalue weighted by molar-refractivity contribution is 6.25. The number of hydrogen-bond donors (Lipinski definition) is 0. The molecule has 0 aliphatic heterocycles. The second kappa shape index (κ2) is 11.6. The van der Waals surface area contributed by atoms with Crippen molar-refractivity contribution in [2.45, 2.75) is 0 Å². The van der Waals surface area contributed by atoms with E-state index in [-0.39, 0.29) is 0 Å². The second-order valence-electron chi connectivity index (χ2n) is 13.2. The van der Waals surface area contributed by atoms with Crippen LogP contribution in [-0.4, -0.2) is 0 Å². The lowest BCUT2D eigenvalue weighted by Crippen LogP contribution is -1.94. The summed E-state index contributed by atoms with van der Waals surface area (Å²) in [6, 6.07) is 71.5. The molecular weight excluding hydrogens is 601 g/mol. The van der Waals surface area contributed by atoms with Crippen molar-refractivity contribution in [2.24, 2.45) is 0 Å². The summed E-state index contributed by atoms with van der Waals surface area (Å²) in [7, 11) is 0. The third-order valence-corrected chi connectivity index (χ3v) is 10.4. The molecule has 10 aromatic rings. The van der Waals surface area contributed by atoms with Crippen LogP contribution in [0.15, 0.2) is 194 Å². The van der Waals surface area contributed by atoms with Crippen molar-refractivity contribution in [1.82, 2.24) is 0 Å². The van der Waals surface area contributed by atoms with Gasteiger partial charge in [-0.05, 0) is 111 Å². The van der Waals surface area contributed by atoms with Gasteiger partial charge < -0.3 is 0 Å². The Bertz CT molecular complexity index is 2920. The summed E-state index contributed by atoms with van der Waals surface area (Å²) in [5.41, 5.74) is 9.98. The Morgan fingerprint density at radius 1 is 0.200 bits per heavy atom. The fourth-order valence-electron chi connectivity index (χ4n) is 8.16. The van der Waals surface area contributed by atoms with Crippen LogP contribution in [0.4, 0.5) is 0 Å². The van der Waals surface area contributed by atoms with E-state index in [1.807, 2.05) is 0 Å². The summed E-state index contributed by atoms with van der Waals surface area (Å²) in [6.07, 6.45) is 0. The standard InChI is InChI=1S/C50H32/c1-2-16-36-31-37(28-27-33(36)13-1)42-21-7-8-22-43(42)50-46-24-10-9-23-45(46)49(44-26-12-18-35-15-4-6-20-40(35)44)47-30-29-38(32-48(47)50)41-25-11-17-34-14-3-5-19-39(34)41/h1-32H. The van der Waals surface area contributed by atoms with Crippen molar-refractivity contribution >= 4 is 53.9 Å². The van der Waals surface area contributed by atoms with Crippen LogP contribution in [0.3, 0.4) is 0 Å². The average Bonchev–Trinajstić information content (AvgIpc) is 3.19. The summed E-state index contributed by atoms with van der Waals surface area (Å²) in [6.45, 7) is 0. The molecule has 0 nitrogen and oxygen atoms in total. The van der Waals surface area contributed by atoms with Crippen LogP contribution < -0.4 is 0 Å². The predicted molar refractivity (Wildman–Crippen MR) is 216 cm³/mol. The summed E-state index contributed by atoms with van der Waals surface area (Å²) >= 11 is 0. The first kappa shape index (κ1) is 28.5. The first-order valence-electron chi connectivity index (χ1n) is 17.4. The smallest absolute Gasteiger partial charge is 0.00199 e. The quantitative estimate of drug-likeness (QED) is 0.169. The second-order valence-corrected chi connectivity index (χ2v) is 13.2. The Morgan fingerprint density at radius 2 is 0.640 bits per heavy atom. The third kappa shape index (κ3) is 4.54. The van der Waals surface area contributed by atoms with E-state index in [4.69, 9.17) is 0 Å². The molecule has 0 heteroatoms. The summed E-state index contributed by atoms with van der Waals surface area (Å²) in [5, 5.41) is 12.6. The third-order valence-electron chi connectivity index (χ3n) is 10.4. The van der Waals surface area contributed by atoms with Gasteiger partial charge >= 0.3 is 0 Å². The zero-order valence-corrected chi connectivity index (χ0v) is 27.5. The van der Waals surface area contributed by atoms with Crippen LogP contribution in [0.2, 0.25) is 0 Å². The summed E-state index contributed by atoms with van der Waals surface area (Å²) < 4.78 is 0. The van der Waals surface area contributed by atoms with Crippen LogP contribution in [0.5, 0.6) is 0 Å². The highest BCUT2D eigenvalue weighted by Crippen LogP contribution is 2.48. The van der Waals surface area contributed by atoms with Crippen molar-refractivity contribution in [3.63, 3.8) is 0 Å². The molecule has 0 heterocycles. The van der Waals surface area contributed by atoms with Gasteiger partial charge in [-0.2, -0.15) is 0 Å². The Hall–Kier alpha value is -6.50. The van der Waals surface area contributed by atoms with Gasteiger partial charge in [0.15, 0.2) is 0 Å². The van der Waals surface area contributed by atoms with E-state index in [0.717, 1.165) is 0 Å². The van der Waals surface area contributed by atoms with E-state index < -0.39 is 0 Å². The van der Waals surface area contributed by atoms with Crippen LogP contribution in [0, 0.1) is 0 Å². The molecule has 0 saturated carbocycles. The molecular formula is C50H32. The summed E-state index contributed by atoms with van der Waals surface area (Å²) in [4.78, 5) is 0. The van der Waals surface area contributed by atoms with E-state index in [1.54, 1.807) is 0 Å².